The maximum Gasteiger partial charge on any atom is 0.271 e. The Morgan fingerprint density at radius 1 is 0.774 bits per heavy atom. The summed E-state index contributed by atoms with van der Waals surface area (Å²) >= 11 is 12.3. The first-order valence-electron chi connectivity index (χ1n) is 8.24. The largest absolute Gasteiger partial charge is 0.336 e. The molecule has 0 aliphatic rings. The molecule has 0 unspecified atom stereocenters. The molecule has 0 saturated heterocycles. The number of nitrogens with zero attached hydrogens (tertiary/aromatic N) is 6. The van der Waals surface area contributed by atoms with Crippen molar-refractivity contribution in [1.82, 2.24) is 20.3 Å². The van der Waals surface area contributed by atoms with Crippen molar-refractivity contribution in [2.24, 2.45) is 0 Å². The Morgan fingerprint density at radius 2 is 1.19 bits per heavy atom. The number of hydrogen-bond acceptors (Lipinski definition) is 11. The van der Waals surface area contributed by atoms with E-state index >= 15 is 0 Å². The van der Waals surface area contributed by atoms with Crippen LogP contribution < -0.4 is 10.6 Å². The summed E-state index contributed by atoms with van der Waals surface area (Å²) in [5.41, 5.74) is -0.0108. The van der Waals surface area contributed by atoms with E-state index in [0.29, 0.717) is 0 Å². The van der Waals surface area contributed by atoms with Crippen LogP contribution in [0.4, 0.5) is 34.4 Å². The number of non-ortho nitro benzene ring substituents is 2. The Labute approximate surface area is 181 Å². The van der Waals surface area contributed by atoms with E-state index in [9.17, 15) is 20.2 Å². The van der Waals surface area contributed by atoms with Gasteiger partial charge in [-0.05, 0) is 22.4 Å². The average Bonchev–Trinajstić information content (AvgIpc) is 3.18. The highest BCUT2D eigenvalue weighted by atomic mass is 35.5. The third-order valence-corrected chi connectivity index (χ3v) is 4.60. The monoisotopic (exact) mass is 462 g/mol. The Balaban J connectivity index is 1.79. The zero-order valence-electron chi connectivity index (χ0n) is 14.9. The van der Waals surface area contributed by atoms with Crippen molar-refractivity contribution >= 4 is 68.9 Å². The molecule has 4 aromatic rings. The van der Waals surface area contributed by atoms with Crippen LogP contribution in [0.25, 0.3) is 11.3 Å². The highest BCUT2D eigenvalue weighted by Gasteiger charge is 2.18. The quantitative estimate of drug-likeness (QED) is 0.301. The molecular weight excluding hydrogens is 455 g/mol. The van der Waals surface area contributed by atoms with Crippen molar-refractivity contribution in [3.05, 3.63) is 66.7 Å². The van der Waals surface area contributed by atoms with Gasteiger partial charge in [-0.1, -0.05) is 23.2 Å². The number of benzene rings is 2. The highest BCUT2D eigenvalue weighted by molar-refractivity contribution is 6.34. The highest BCUT2D eigenvalue weighted by Crippen LogP contribution is 2.35. The first kappa shape index (κ1) is 20.2. The predicted octanol–water partition coefficient (Wildman–Crippen LogP) is 4.62. The van der Waals surface area contributed by atoms with E-state index in [0.717, 1.165) is 0 Å². The van der Waals surface area contributed by atoms with Gasteiger partial charge in [-0.2, -0.15) is 0 Å². The molecule has 2 aromatic heterocycles. The summed E-state index contributed by atoms with van der Waals surface area (Å²) in [4.78, 5) is 29.4. The first-order chi connectivity index (χ1) is 14.8. The van der Waals surface area contributed by atoms with Gasteiger partial charge in [0.15, 0.2) is 11.6 Å². The van der Waals surface area contributed by atoms with Crippen molar-refractivity contribution in [3.8, 4) is 0 Å². The van der Waals surface area contributed by atoms with E-state index in [2.05, 4.69) is 35.5 Å². The lowest BCUT2D eigenvalue weighted by atomic mass is 10.2. The van der Waals surface area contributed by atoms with E-state index in [1.54, 1.807) is 0 Å². The van der Waals surface area contributed by atoms with Crippen molar-refractivity contribution in [3.63, 3.8) is 0 Å². The molecule has 0 radical (unpaired) electrons. The van der Waals surface area contributed by atoms with Gasteiger partial charge in [0.25, 0.3) is 11.4 Å². The molecule has 2 heterocycles. The standard InChI is InChI=1S/C16H8Cl2N8O5/c17-9-3-1-7(25(27)28)5-11(9)19-13-14(22-16-15(21-13)23-31-24-16)20-12-6-8(26(29)30)2-4-10(12)18/h1-6H,(H,19,21,23)(H,20,22,24). The predicted molar refractivity (Wildman–Crippen MR) is 110 cm³/mol. The van der Waals surface area contributed by atoms with E-state index < -0.39 is 9.85 Å². The molecule has 156 valence electrons. The summed E-state index contributed by atoms with van der Waals surface area (Å²) in [6.07, 6.45) is 0. The van der Waals surface area contributed by atoms with Gasteiger partial charge in [-0.3, -0.25) is 20.2 Å². The van der Waals surface area contributed by atoms with Gasteiger partial charge in [-0.25, -0.2) is 14.6 Å². The number of fused-ring (bicyclic) bond motifs is 1. The van der Waals surface area contributed by atoms with Crippen LogP contribution in [0.5, 0.6) is 0 Å². The summed E-state index contributed by atoms with van der Waals surface area (Å²) < 4.78 is 4.61. The molecule has 15 heteroatoms. The molecule has 0 aliphatic heterocycles. The Bertz CT molecular complexity index is 1250. The van der Waals surface area contributed by atoms with Crippen molar-refractivity contribution < 1.29 is 14.5 Å². The molecule has 2 N–H and O–H groups in total. The van der Waals surface area contributed by atoms with Gasteiger partial charge in [0.05, 0.1) is 31.3 Å². The summed E-state index contributed by atoms with van der Waals surface area (Å²) in [6.45, 7) is 0. The summed E-state index contributed by atoms with van der Waals surface area (Å²) in [6, 6.07) is 7.59. The van der Waals surface area contributed by atoms with E-state index in [4.69, 9.17) is 23.2 Å². The van der Waals surface area contributed by atoms with Gasteiger partial charge < -0.3 is 10.6 Å². The van der Waals surface area contributed by atoms with Gasteiger partial charge >= 0.3 is 0 Å². The van der Waals surface area contributed by atoms with Crippen LogP contribution in [0, 0.1) is 20.2 Å². The first-order valence-corrected chi connectivity index (χ1v) is 8.99. The van der Waals surface area contributed by atoms with Crippen LogP contribution >= 0.6 is 23.2 Å². The number of nitro benzene ring substituents is 2. The van der Waals surface area contributed by atoms with Crippen LogP contribution in [0.1, 0.15) is 0 Å². The molecular formula is C16H8Cl2N8O5. The lowest BCUT2D eigenvalue weighted by Gasteiger charge is -2.13. The van der Waals surface area contributed by atoms with Crippen molar-refractivity contribution in [2.45, 2.75) is 0 Å². The fourth-order valence-electron chi connectivity index (χ4n) is 2.51. The minimum Gasteiger partial charge on any atom is -0.336 e. The number of nitrogens with one attached hydrogen (secondary N) is 2. The molecule has 31 heavy (non-hydrogen) atoms. The van der Waals surface area contributed by atoms with Crippen LogP contribution in [0.2, 0.25) is 10.0 Å². The second-order valence-electron chi connectivity index (χ2n) is 5.92. The van der Waals surface area contributed by atoms with Gasteiger partial charge in [0.1, 0.15) is 0 Å². The zero-order valence-corrected chi connectivity index (χ0v) is 16.5. The number of nitro groups is 2. The number of rotatable bonds is 6. The maximum atomic E-state index is 11.1. The molecule has 0 amide bonds. The molecule has 0 spiro atoms. The van der Waals surface area contributed by atoms with E-state index in [1.807, 2.05) is 0 Å². The third-order valence-electron chi connectivity index (χ3n) is 3.94. The molecule has 4 rings (SSSR count). The molecule has 2 aromatic carbocycles. The lowest BCUT2D eigenvalue weighted by molar-refractivity contribution is -0.385. The maximum absolute atomic E-state index is 11.1. The van der Waals surface area contributed by atoms with Crippen LogP contribution in [-0.4, -0.2) is 30.1 Å². The minimum absolute atomic E-state index is 0.0353. The Hall–Kier alpha value is -4.10. The topological polar surface area (TPSA) is 175 Å². The van der Waals surface area contributed by atoms with Crippen LogP contribution in [0.3, 0.4) is 0 Å². The SMILES string of the molecule is O=[N+]([O-])c1ccc(Cl)c(Nc2nc3nonc3nc2Nc2cc([N+](=O)[O-])ccc2Cl)c1. The Kier molecular flexibility index (Phi) is 5.19. The number of anilines is 4. The molecule has 0 bridgehead atoms. The number of hydrogen-bond donors (Lipinski definition) is 2. The van der Waals surface area contributed by atoms with Gasteiger partial charge in [0, 0.05) is 24.3 Å². The second kappa shape index (κ2) is 7.97. The Morgan fingerprint density at radius 3 is 1.58 bits per heavy atom. The molecule has 0 fully saturated rings. The third kappa shape index (κ3) is 4.12. The summed E-state index contributed by atoms with van der Waals surface area (Å²) in [5, 5.41) is 35.4. The summed E-state index contributed by atoms with van der Waals surface area (Å²) in [5.74, 6) is 0.0707. The second-order valence-corrected chi connectivity index (χ2v) is 6.74. The number of aromatic nitrogens is 4. The van der Waals surface area contributed by atoms with E-state index in [1.165, 1.54) is 36.4 Å². The number of halogens is 2. The van der Waals surface area contributed by atoms with Crippen molar-refractivity contribution in [1.29, 1.82) is 0 Å². The minimum atomic E-state index is -0.583. The van der Waals surface area contributed by atoms with E-state index in [-0.39, 0.29) is 55.7 Å². The van der Waals surface area contributed by atoms with Crippen LogP contribution in [-0.2, 0) is 0 Å². The van der Waals surface area contributed by atoms with Gasteiger partial charge in [0.2, 0.25) is 11.3 Å². The average molecular weight is 463 g/mol. The van der Waals surface area contributed by atoms with Gasteiger partial charge in [-0.15, -0.1) is 0 Å². The van der Waals surface area contributed by atoms with Crippen molar-refractivity contribution in [2.75, 3.05) is 10.6 Å². The molecule has 13 nitrogen and oxygen atoms in total. The smallest absolute Gasteiger partial charge is 0.271 e. The normalized spacial score (nSPS) is 10.8. The molecule has 0 saturated carbocycles. The van der Waals surface area contributed by atoms with Crippen LogP contribution in [0.15, 0.2) is 41.0 Å². The fourth-order valence-corrected chi connectivity index (χ4v) is 2.84. The molecule has 0 aliphatic carbocycles. The zero-order chi connectivity index (χ0) is 22.1. The summed E-state index contributed by atoms with van der Waals surface area (Å²) in [7, 11) is 0. The lowest BCUT2D eigenvalue weighted by Crippen LogP contribution is -2.04. The molecule has 0 atom stereocenters. The fraction of sp³-hybridized carbons (Fsp3) is 0.